The lowest BCUT2D eigenvalue weighted by Gasteiger charge is -2.13. The minimum Gasteiger partial charge on any atom is -0.478 e. The second-order valence-corrected chi connectivity index (χ2v) is 5.00. The maximum atomic E-state index is 12.3. The number of aryl methyl sites for hydroxylation is 2. The Labute approximate surface area is 125 Å². The monoisotopic (exact) mass is 302 g/mol. The van der Waals surface area contributed by atoms with Crippen molar-refractivity contribution >= 4 is 17.3 Å². The van der Waals surface area contributed by atoms with Crippen LogP contribution < -0.4 is 10.1 Å². The molecule has 0 aliphatic carbocycles. The summed E-state index contributed by atoms with van der Waals surface area (Å²) in [6.45, 7) is 3.08. The molecule has 0 radical (unpaired) electrons. The number of anilines is 1. The highest BCUT2D eigenvalue weighted by molar-refractivity contribution is 6.03. The molecule has 2 heterocycles. The first-order chi connectivity index (χ1) is 10.5. The predicted octanol–water partition coefficient (Wildman–Crippen LogP) is 2.13. The first kappa shape index (κ1) is 14.1. The number of hydrogen-bond acceptors (Lipinski definition) is 5. The molecule has 3 rings (SSSR count). The molecule has 0 fully saturated rings. The van der Waals surface area contributed by atoms with E-state index < -0.39 is 10.8 Å². The lowest BCUT2D eigenvalue weighted by molar-refractivity contribution is -0.384. The summed E-state index contributed by atoms with van der Waals surface area (Å²) in [5, 5.41) is 17.6. The van der Waals surface area contributed by atoms with Crippen molar-refractivity contribution in [2.45, 2.75) is 19.9 Å². The average molecular weight is 302 g/mol. The molecule has 0 unspecified atom stereocenters. The Morgan fingerprint density at radius 3 is 3.00 bits per heavy atom. The van der Waals surface area contributed by atoms with E-state index in [1.807, 2.05) is 0 Å². The largest absolute Gasteiger partial charge is 0.478 e. The van der Waals surface area contributed by atoms with Crippen LogP contribution in [-0.4, -0.2) is 27.2 Å². The zero-order valence-corrected chi connectivity index (χ0v) is 11.9. The Bertz CT molecular complexity index is 730. The molecule has 0 saturated carbocycles. The third-order valence-corrected chi connectivity index (χ3v) is 3.42. The Morgan fingerprint density at radius 2 is 2.27 bits per heavy atom. The maximum Gasteiger partial charge on any atom is 0.276 e. The second kappa shape index (κ2) is 5.47. The van der Waals surface area contributed by atoms with Crippen molar-refractivity contribution in [3.8, 4) is 5.88 Å². The van der Waals surface area contributed by atoms with Crippen molar-refractivity contribution < 1.29 is 14.5 Å². The number of nitro benzene ring substituents is 1. The van der Waals surface area contributed by atoms with Crippen molar-refractivity contribution in [2.24, 2.45) is 0 Å². The fraction of sp³-hybridized carbons (Fsp3) is 0.286. The molecule has 0 bridgehead atoms. The quantitative estimate of drug-likeness (QED) is 0.691. The van der Waals surface area contributed by atoms with Crippen molar-refractivity contribution in [3.05, 3.63) is 45.6 Å². The fourth-order valence-corrected chi connectivity index (χ4v) is 2.22. The number of ether oxygens (including phenoxy) is 1. The minimum atomic E-state index is -0.502. The molecule has 0 atom stereocenters. The van der Waals surface area contributed by atoms with Crippen LogP contribution in [0.2, 0.25) is 0 Å². The number of fused-ring (bicyclic) bond motifs is 1. The molecule has 1 amide bonds. The van der Waals surface area contributed by atoms with Gasteiger partial charge in [0.25, 0.3) is 11.6 Å². The van der Waals surface area contributed by atoms with Gasteiger partial charge >= 0.3 is 0 Å². The summed E-state index contributed by atoms with van der Waals surface area (Å²) >= 11 is 0. The van der Waals surface area contributed by atoms with E-state index in [9.17, 15) is 14.9 Å². The van der Waals surface area contributed by atoms with Gasteiger partial charge in [-0.05, 0) is 12.5 Å². The molecule has 1 aromatic carbocycles. The number of carbonyl (C=O) groups excluding carboxylic acids is 1. The Kier molecular flexibility index (Phi) is 3.50. The van der Waals surface area contributed by atoms with Gasteiger partial charge in [0.2, 0.25) is 5.88 Å². The first-order valence-electron chi connectivity index (χ1n) is 6.81. The Hall–Kier alpha value is -2.90. The number of amides is 1. The van der Waals surface area contributed by atoms with Crippen molar-refractivity contribution in [1.82, 2.24) is 9.78 Å². The highest BCUT2D eigenvalue weighted by atomic mass is 16.6. The number of nitro groups is 1. The van der Waals surface area contributed by atoms with Crippen LogP contribution in [0.4, 0.5) is 11.4 Å². The molecule has 1 aliphatic heterocycles. The zero-order valence-electron chi connectivity index (χ0n) is 11.9. The number of non-ortho nitro benzene ring substituents is 1. The van der Waals surface area contributed by atoms with Gasteiger partial charge < -0.3 is 10.1 Å². The summed E-state index contributed by atoms with van der Waals surface area (Å²) in [5.74, 6) is 0.140. The number of rotatable bonds is 3. The number of benzene rings is 1. The van der Waals surface area contributed by atoms with E-state index in [1.165, 1.54) is 12.1 Å². The van der Waals surface area contributed by atoms with Crippen LogP contribution in [0.1, 0.15) is 22.5 Å². The van der Waals surface area contributed by atoms with Gasteiger partial charge in [0.1, 0.15) is 0 Å². The number of aromatic nitrogens is 2. The maximum absolute atomic E-state index is 12.3. The van der Waals surface area contributed by atoms with Crippen LogP contribution >= 0.6 is 0 Å². The normalized spacial score (nSPS) is 13.1. The molecule has 1 aliphatic rings. The smallest absolute Gasteiger partial charge is 0.276 e. The van der Waals surface area contributed by atoms with Gasteiger partial charge in [0.05, 0.1) is 17.2 Å². The minimum absolute atomic E-state index is 0.0756. The molecule has 22 heavy (non-hydrogen) atoms. The highest BCUT2D eigenvalue weighted by Gasteiger charge is 2.19. The number of nitrogens with one attached hydrogen (secondary N) is 1. The molecule has 0 saturated heterocycles. The molecule has 2 aromatic rings. The van der Waals surface area contributed by atoms with Crippen molar-refractivity contribution in [2.75, 3.05) is 11.9 Å². The van der Waals surface area contributed by atoms with Crippen LogP contribution in [0.15, 0.2) is 24.3 Å². The van der Waals surface area contributed by atoms with Crippen molar-refractivity contribution in [1.29, 1.82) is 0 Å². The van der Waals surface area contributed by atoms with Gasteiger partial charge in [-0.25, -0.2) is 4.68 Å². The van der Waals surface area contributed by atoms with E-state index in [0.29, 0.717) is 24.7 Å². The molecule has 8 nitrogen and oxygen atoms in total. The summed E-state index contributed by atoms with van der Waals surface area (Å²) in [6, 6.07) is 5.89. The van der Waals surface area contributed by atoms with E-state index in [1.54, 1.807) is 23.7 Å². The lowest BCUT2D eigenvalue weighted by atomic mass is 10.2. The molecule has 114 valence electrons. The number of hydrogen-bond donors (Lipinski definition) is 1. The number of carbonyl (C=O) groups is 1. The summed E-state index contributed by atoms with van der Waals surface area (Å²) in [4.78, 5) is 22.6. The standard InChI is InChI=1S/C14H14N4O4/c1-9-3-4-10(18(20)21)7-11(9)15-14(19)12-8-13-17(16-12)5-2-6-22-13/h3-4,7-8H,2,5-6H2,1H3,(H,15,19). The Balaban J connectivity index is 1.83. The van der Waals surface area contributed by atoms with Crippen LogP contribution in [0.5, 0.6) is 5.88 Å². The van der Waals surface area contributed by atoms with E-state index in [2.05, 4.69) is 10.4 Å². The SMILES string of the molecule is Cc1ccc([N+](=O)[O-])cc1NC(=O)c1cc2n(n1)CCCO2. The third-order valence-electron chi connectivity index (χ3n) is 3.42. The van der Waals surface area contributed by atoms with E-state index in [-0.39, 0.29) is 11.4 Å². The summed E-state index contributed by atoms with van der Waals surface area (Å²) < 4.78 is 7.05. The number of nitrogens with zero attached hydrogens (tertiary/aromatic N) is 3. The summed E-state index contributed by atoms with van der Waals surface area (Å²) in [7, 11) is 0. The first-order valence-corrected chi connectivity index (χ1v) is 6.81. The average Bonchev–Trinajstić information content (AvgIpc) is 2.93. The zero-order chi connectivity index (χ0) is 15.7. The van der Waals surface area contributed by atoms with Gasteiger partial charge in [-0.3, -0.25) is 14.9 Å². The van der Waals surface area contributed by atoms with Crippen LogP contribution in [0.3, 0.4) is 0 Å². The van der Waals surface area contributed by atoms with Gasteiger partial charge in [-0.2, -0.15) is 5.10 Å². The third kappa shape index (κ3) is 2.62. The van der Waals surface area contributed by atoms with Gasteiger partial charge in [-0.15, -0.1) is 0 Å². The Morgan fingerprint density at radius 1 is 1.45 bits per heavy atom. The van der Waals surface area contributed by atoms with Gasteiger partial charge in [-0.1, -0.05) is 6.07 Å². The molecule has 1 N–H and O–H groups in total. The topological polar surface area (TPSA) is 99.3 Å². The van der Waals surface area contributed by atoms with E-state index in [0.717, 1.165) is 12.0 Å². The highest BCUT2D eigenvalue weighted by Crippen LogP contribution is 2.23. The van der Waals surface area contributed by atoms with Crippen LogP contribution in [0, 0.1) is 17.0 Å². The fourth-order valence-electron chi connectivity index (χ4n) is 2.22. The second-order valence-electron chi connectivity index (χ2n) is 5.00. The van der Waals surface area contributed by atoms with Crippen molar-refractivity contribution in [3.63, 3.8) is 0 Å². The summed E-state index contributed by atoms with van der Waals surface area (Å²) in [6.07, 6.45) is 0.847. The van der Waals surface area contributed by atoms with Crippen LogP contribution in [0.25, 0.3) is 0 Å². The molecule has 8 heteroatoms. The van der Waals surface area contributed by atoms with Gasteiger partial charge in [0.15, 0.2) is 5.69 Å². The van der Waals surface area contributed by atoms with Crippen LogP contribution in [-0.2, 0) is 6.54 Å². The molecule has 1 aromatic heterocycles. The molecular weight excluding hydrogens is 288 g/mol. The summed E-state index contributed by atoms with van der Waals surface area (Å²) in [5.41, 5.74) is 1.28. The van der Waals surface area contributed by atoms with E-state index >= 15 is 0 Å². The van der Waals surface area contributed by atoms with Gasteiger partial charge in [0, 0.05) is 31.2 Å². The lowest BCUT2D eigenvalue weighted by Crippen LogP contribution is -2.16. The molecule has 0 spiro atoms. The molecular formula is C14H14N4O4. The predicted molar refractivity (Wildman–Crippen MR) is 78.1 cm³/mol. The van der Waals surface area contributed by atoms with E-state index in [4.69, 9.17) is 4.74 Å².